The van der Waals surface area contributed by atoms with Gasteiger partial charge >= 0.3 is 10.4 Å². The van der Waals surface area contributed by atoms with Gasteiger partial charge in [0.2, 0.25) is 9.84 Å². The van der Waals surface area contributed by atoms with E-state index >= 15 is 0 Å². The summed E-state index contributed by atoms with van der Waals surface area (Å²) in [6.07, 6.45) is -5.26. The molecule has 0 aliphatic carbocycles. The fourth-order valence-electron chi connectivity index (χ4n) is 2.82. The second-order valence-corrected chi connectivity index (χ2v) is 10.8. The first-order valence-electron chi connectivity index (χ1n) is 7.66. The van der Waals surface area contributed by atoms with Gasteiger partial charge < -0.3 is 4.74 Å². The van der Waals surface area contributed by atoms with E-state index in [9.17, 15) is 30.0 Å². The third-order valence-corrected chi connectivity index (χ3v) is 9.17. The van der Waals surface area contributed by atoms with E-state index in [1.165, 1.54) is 24.3 Å². The van der Waals surface area contributed by atoms with Gasteiger partial charge in [-0.2, -0.15) is 13.2 Å². The number of epoxide rings is 1. The van der Waals surface area contributed by atoms with Gasteiger partial charge in [0.1, 0.15) is 6.10 Å². The molecule has 2 aromatic carbocycles. The summed E-state index contributed by atoms with van der Waals surface area (Å²) in [5.41, 5.74) is -0.124. The lowest BCUT2D eigenvalue weighted by Gasteiger charge is -2.13. The van der Waals surface area contributed by atoms with E-state index in [1.807, 2.05) is 0 Å². The molecule has 0 saturated carbocycles. The van der Waals surface area contributed by atoms with Gasteiger partial charge in [-0.25, -0.2) is 16.8 Å². The van der Waals surface area contributed by atoms with Crippen molar-refractivity contribution in [3.8, 4) is 0 Å². The van der Waals surface area contributed by atoms with E-state index in [-0.39, 0.29) is 10.5 Å². The zero-order valence-corrected chi connectivity index (χ0v) is 15.8. The molecule has 0 unspecified atom stereocenters. The van der Waals surface area contributed by atoms with Crippen LogP contribution < -0.4 is 0 Å². The molecule has 10 heteroatoms. The number of alkyl halides is 3. The molecule has 1 saturated heterocycles. The molecule has 0 amide bonds. The minimum Gasteiger partial charge on any atom is -0.331 e. The van der Waals surface area contributed by atoms with Gasteiger partial charge in [-0.1, -0.05) is 29.8 Å². The molecule has 0 aromatic heterocycles. The Kier molecular flexibility index (Phi) is 4.44. The highest BCUT2D eigenvalue weighted by Crippen LogP contribution is 2.58. The van der Waals surface area contributed by atoms with Crippen LogP contribution in [0.25, 0.3) is 0 Å². The van der Waals surface area contributed by atoms with Crippen LogP contribution in [-0.2, 0) is 30.6 Å². The largest absolute Gasteiger partial charge is 0.416 e. The monoisotopic (exact) mass is 420 g/mol. The molecule has 1 fully saturated rings. The third kappa shape index (κ3) is 3.15. The molecular weight excluding hydrogens is 405 g/mol. The Bertz CT molecular complexity index is 1070. The molecule has 27 heavy (non-hydrogen) atoms. The molecule has 3 rings (SSSR count). The van der Waals surface area contributed by atoms with Crippen LogP contribution >= 0.6 is 0 Å². The number of aryl methyl sites for hydroxylation is 1. The highest BCUT2D eigenvalue weighted by Gasteiger charge is 2.74. The van der Waals surface area contributed by atoms with Crippen LogP contribution in [0.4, 0.5) is 13.2 Å². The lowest BCUT2D eigenvalue weighted by atomic mass is 10.1. The second kappa shape index (κ2) is 6.05. The average Bonchev–Trinajstić information content (AvgIpc) is 3.32. The van der Waals surface area contributed by atoms with Crippen LogP contribution in [-0.4, -0.2) is 27.4 Å². The van der Waals surface area contributed by atoms with Crippen LogP contribution in [0.2, 0.25) is 0 Å². The smallest absolute Gasteiger partial charge is 0.331 e. The second-order valence-electron chi connectivity index (χ2n) is 6.31. The summed E-state index contributed by atoms with van der Waals surface area (Å²) in [7, 11) is -8.75. The SMILES string of the molecule is Cc1ccc(S(=O)(=O)[C@@]2(S(C)(=O)=O)O[C@@H]2c2ccc(C(F)(F)F)cc2)cc1. The van der Waals surface area contributed by atoms with E-state index in [0.29, 0.717) is 0 Å². The predicted octanol–water partition coefficient (Wildman–Crippen LogP) is 3.26. The van der Waals surface area contributed by atoms with Crippen molar-refractivity contribution in [2.24, 2.45) is 0 Å². The van der Waals surface area contributed by atoms with Crippen molar-refractivity contribution in [1.29, 1.82) is 0 Å². The van der Waals surface area contributed by atoms with Gasteiger partial charge in [-0.3, -0.25) is 0 Å². The first-order valence-corrected chi connectivity index (χ1v) is 11.0. The molecule has 0 radical (unpaired) electrons. The molecule has 0 bridgehead atoms. The summed E-state index contributed by atoms with van der Waals surface area (Å²) < 4.78 is 91.4. The minimum absolute atomic E-state index is 0.0316. The van der Waals surface area contributed by atoms with Crippen LogP contribution in [0.3, 0.4) is 0 Å². The quantitative estimate of drug-likeness (QED) is 0.710. The third-order valence-electron chi connectivity index (χ3n) is 4.31. The molecule has 1 aliphatic heterocycles. The van der Waals surface area contributed by atoms with Crippen molar-refractivity contribution >= 4 is 19.7 Å². The van der Waals surface area contributed by atoms with Crippen molar-refractivity contribution in [3.05, 3.63) is 65.2 Å². The van der Waals surface area contributed by atoms with E-state index in [2.05, 4.69) is 0 Å². The Morgan fingerprint density at radius 3 is 1.89 bits per heavy atom. The van der Waals surface area contributed by atoms with E-state index in [4.69, 9.17) is 4.74 Å². The number of sulfone groups is 2. The molecule has 5 nitrogen and oxygen atoms in total. The summed E-state index contributed by atoms with van der Waals surface area (Å²) in [6, 6.07) is 9.10. The summed E-state index contributed by atoms with van der Waals surface area (Å²) in [4.78, 5) is -0.243. The molecule has 146 valence electrons. The van der Waals surface area contributed by atoms with Crippen LogP contribution in [0.15, 0.2) is 53.4 Å². The van der Waals surface area contributed by atoms with E-state index < -0.39 is 41.8 Å². The molecule has 2 atom stereocenters. The van der Waals surface area contributed by atoms with Gasteiger partial charge in [0.05, 0.1) is 10.5 Å². The molecular formula is C17H15F3O5S2. The van der Waals surface area contributed by atoms with Gasteiger partial charge in [-0.15, -0.1) is 0 Å². The van der Waals surface area contributed by atoms with Gasteiger partial charge in [0.25, 0.3) is 0 Å². The van der Waals surface area contributed by atoms with Crippen molar-refractivity contribution < 1.29 is 34.7 Å². The molecule has 1 heterocycles. The first-order chi connectivity index (χ1) is 12.3. The zero-order valence-electron chi connectivity index (χ0n) is 14.2. The summed E-state index contributed by atoms with van der Waals surface area (Å²) in [5.74, 6) is 0. The summed E-state index contributed by atoms with van der Waals surface area (Å²) in [6.45, 7) is 1.74. The van der Waals surface area contributed by atoms with Gasteiger partial charge in [-0.05, 0) is 36.8 Å². The summed E-state index contributed by atoms with van der Waals surface area (Å²) in [5, 5.41) is 0. The highest BCUT2D eigenvalue weighted by molar-refractivity contribution is 8.10. The van der Waals surface area contributed by atoms with Crippen LogP contribution in [0.5, 0.6) is 0 Å². The molecule has 0 spiro atoms. The summed E-state index contributed by atoms with van der Waals surface area (Å²) >= 11 is 0. The Hall–Kier alpha value is -1.91. The standard InChI is InChI=1S/C17H15F3O5S2/c1-11-3-9-14(10-4-11)27(23,24)17(26(2,21)22)15(25-17)12-5-7-13(8-6-12)16(18,19)20/h3-10,15H,1-2H3/t15-,17-/m1/s1. The number of rotatable bonds is 4. The number of ether oxygens (including phenoxy) is 1. The maximum atomic E-state index is 13.0. The van der Waals surface area contributed by atoms with Crippen molar-refractivity contribution in [1.82, 2.24) is 0 Å². The Morgan fingerprint density at radius 2 is 1.44 bits per heavy atom. The lowest BCUT2D eigenvalue weighted by Crippen LogP contribution is -2.34. The Morgan fingerprint density at radius 1 is 0.926 bits per heavy atom. The van der Waals surface area contributed by atoms with Gasteiger partial charge in [0, 0.05) is 6.26 Å². The first kappa shape index (κ1) is 19.8. The van der Waals surface area contributed by atoms with Crippen LogP contribution in [0, 0.1) is 6.92 Å². The Labute approximate surface area is 154 Å². The zero-order chi connectivity index (χ0) is 20.3. The lowest BCUT2D eigenvalue weighted by molar-refractivity contribution is -0.137. The fourth-order valence-corrected chi connectivity index (χ4v) is 6.96. The molecule has 2 aromatic rings. The average molecular weight is 420 g/mol. The topological polar surface area (TPSA) is 80.8 Å². The number of hydrogen-bond donors (Lipinski definition) is 0. The van der Waals surface area contributed by atoms with E-state index in [0.717, 1.165) is 36.1 Å². The van der Waals surface area contributed by atoms with Gasteiger partial charge in [0.15, 0.2) is 9.84 Å². The maximum Gasteiger partial charge on any atom is 0.416 e. The number of benzene rings is 2. The molecule has 0 N–H and O–H groups in total. The fraction of sp³-hybridized carbons (Fsp3) is 0.294. The predicted molar refractivity (Wildman–Crippen MR) is 91.2 cm³/mol. The van der Waals surface area contributed by atoms with Crippen molar-refractivity contribution in [2.45, 2.75) is 28.4 Å². The van der Waals surface area contributed by atoms with Crippen molar-refractivity contribution in [3.63, 3.8) is 0 Å². The Balaban J connectivity index is 2.06. The molecule has 1 aliphatic rings. The maximum absolute atomic E-state index is 13.0. The number of hydrogen-bond acceptors (Lipinski definition) is 5. The highest BCUT2D eigenvalue weighted by atomic mass is 32.3. The van der Waals surface area contributed by atoms with Crippen LogP contribution in [0.1, 0.15) is 22.8 Å². The van der Waals surface area contributed by atoms with E-state index in [1.54, 1.807) is 6.92 Å². The number of halogens is 3. The van der Waals surface area contributed by atoms with Crippen molar-refractivity contribution in [2.75, 3.05) is 6.26 Å². The minimum atomic E-state index is -4.56. The normalized spacial score (nSPS) is 23.2.